The monoisotopic (exact) mass is 896 g/mol. The number of aromatic amines is 2. The van der Waals surface area contributed by atoms with Crippen LogP contribution in [-0.2, 0) is 19.1 Å². The number of hydrogen-bond acceptors (Lipinski definition) is 7. The molecule has 340 valence electrons. The third-order valence-electron chi connectivity index (χ3n) is 13.4. The van der Waals surface area contributed by atoms with Crippen LogP contribution < -0.4 is 10.6 Å². The van der Waals surface area contributed by atoms with Crippen LogP contribution in [0.5, 0.6) is 0 Å². The number of rotatable bonds is 13. The molecule has 4 heterocycles. The quantitative estimate of drug-likeness (QED) is 0.0761. The molecule has 5 aromatic carbocycles. The summed E-state index contributed by atoms with van der Waals surface area (Å²) in [5.74, 6) is -0.282. The number of hydrogen-bond donors (Lipinski definition) is 5. The van der Waals surface area contributed by atoms with Crippen molar-refractivity contribution in [2.75, 3.05) is 19.7 Å². The molecular formula is C50H50F2N8O6. The van der Waals surface area contributed by atoms with E-state index in [1.54, 1.807) is 21.9 Å². The largest absolute Gasteiger partial charge is 0.465 e. The maximum Gasteiger partial charge on any atom is 0.405 e. The van der Waals surface area contributed by atoms with E-state index in [0.717, 1.165) is 68.5 Å². The first-order chi connectivity index (χ1) is 31.9. The molecule has 0 radical (unpaired) electrons. The number of carbonyl (C=O) groups is 4. The Balaban J connectivity index is 0.927. The minimum atomic E-state index is -2.94. The molecule has 14 nitrogen and oxygen atoms in total. The van der Waals surface area contributed by atoms with Crippen LogP contribution in [0.15, 0.2) is 91.0 Å². The number of fused-ring (bicyclic) bond motifs is 6. The topological polar surface area (TPSA) is 186 Å². The van der Waals surface area contributed by atoms with Crippen LogP contribution in [0.25, 0.3) is 54.7 Å². The van der Waals surface area contributed by atoms with E-state index >= 15 is 0 Å². The molecule has 5 atom stereocenters. The molecule has 0 unspecified atom stereocenters. The Kier molecular flexibility index (Phi) is 11.4. The van der Waals surface area contributed by atoms with Gasteiger partial charge in [-0.2, -0.15) is 8.78 Å². The molecule has 5 N–H and O–H groups in total. The number of nitrogens with zero attached hydrogens (tertiary/aromatic N) is 4. The highest BCUT2D eigenvalue weighted by Gasteiger charge is 2.43. The molecule has 2 saturated heterocycles. The van der Waals surface area contributed by atoms with Crippen molar-refractivity contribution in [3.05, 3.63) is 108 Å². The zero-order chi connectivity index (χ0) is 45.8. The highest BCUT2D eigenvalue weighted by atomic mass is 19.3. The maximum absolute atomic E-state index is 14.5. The Bertz CT molecular complexity index is 3010. The van der Waals surface area contributed by atoms with Crippen LogP contribution in [0.4, 0.5) is 13.6 Å². The van der Waals surface area contributed by atoms with Crippen molar-refractivity contribution >= 4 is 67.4 Å². The van der Waals surface area contributed by atoms with E-state index in [9.17, 15) is 33.1 Å². The third-order valence-corrected chi connectivity index (χ3v) is 13.4. The second kappa shape index (κ2) is 17.5. The number of imidazole rings is 2. The van der Waals surface area contributed by atoms with Crippen molar-refractivity contribution in [1.29, 1.82) is 0 Å². The van der Waals surface area contributed by atoms with Gasteiger partial charge in [-0.15, -0.1) is 0 Å². The minimum absolute atomic E-state index is 0.122. The fourth-order valence-corrected chi connectivity index (χ4v) is 9.93. The van der Waals surface area contributed by atoms with Crippen molar-refractivity contribution < 1.29 is 37.8 Å². The second-order valence-electron chi connectivity index (χ2n) is 18.2. The van der Waals surface area contributed by atoms with E-state index < -0.39 is 30.8 Å². The van der Waals surface area contributed by atoms with Gasteiger partial charge < -0.3 is 40.2 Å². The molecule has 3 fully saturated rings. The van der Waals surface area contributed by atoms with E-state index in [-0.39, 0.29) is 54.7 Å². The molecule has 7 aromatic rings. The van der Waals surface area contributed by atoms with Crippen molar-refractivity contribution in [3.8, 4) is 11.1 Å². The van der Waals surface area contributed by atoms with Gasteiger partial charge in [0.15, 0.2) is 0 Å². The normalized spacial score (nSPS) is 19.7. The standard InChI is InChI=1S/C50H50F2N8O6/c1-26(2)40(58-50(64)65)47(62)59-20-6-9-38(59)44-53-36-18-14-32-22-30(12-16-34(32)42(36)55-44)31-13-17-35-33(23-31)15-19-37-43(35)56-45(54-37)39-21-27(25-66-49(51)52)24-60(39)48(63)41(28-7-4-3-5-8-28)57-46(61)29-10-11-29/h3-5,7-8,12-19,22-23,26-27,29,38-41,49,58H,6,9-11,20-21,24-25H2,1-2H3,(H,53,55)(H,54,56)(H,57,61)(H,64,65)/t27-,38-,39-,40-,41+/m0/s1. The lowest BCUT2D eigenvalue weighted by Gasteiger charge is -2.29. The van der Waals surface area contributed by atoms with Gasteiger partial charge in [0.05, 0.1) is 40.8 Å². The fourth-order valence-electron chi connectivity index (χ4n) is 9.93. The van der Waals surface area contributed by atoms with Crippen molar-refractivity contribution in [1.82, 2.24) is 40.4 Å². The van der Waals surface area contributed by atoms with Crippen molar-refractivity contribution in [2.45, 2.75) is 76.7 Å². The van der Waals surface area contributed by atoms with E-state index in [1.807, 2.05) is 62.4 Å². The van der Waals surface area contributed by atoms with Crippen LogP contribution in [-0.4, -0.2) is 91.0 Å². The number of carboxylic acid groups (broad SMARTS) is 1. The van der Waals surface area contributed by atoms with Gasteiger partial charge in [0, 0.05) is 35.7 Å². The molecule has 0 bridgehead atoms. The van der Waals surface area contributed by atoms with Crippen LogP contribution in [0.2, 0.25) is 0 Å². The predicted octanol–water partition coefficient (Wildman–Crippen LogP) is 8.76. The van der Waals surface area contributed by atoms with E-state index in [4.69, 9.17) is 14.7 Å². The molecule has 2 aliphatic heterocycles. The number of halogens is 2. The molecule has 16 heteroatoms. The number of likely N-dealkylation sites (tertiary alicyclic amines) is 2. The number of ether oxygens (including phenoxy) is 1. The summed E-state index contributed by atoms with van der Waals surface area (Å²) < 4.78 is 31.2. The molecular weight excluding hydrogens is 847 g/mol. The Morgan fingerprint density at radius 2 is 1.39 bits per heavy atom. The summed E-state index contributed by atoms with van der Waals surface area (Å²) in [6, 6.07) is 26.8. The zero-order valence-electron chi connectivity index (χ0n) is 36.5. The highest BCUT2D eigenvalue weighted by molar-refractivity contribution is 6.07. The van der Waals surface area contributed by atoms with Crippen LogP contribution in [0.1, 0.15) is 81.3 Å². The lowest BCUT2D eigenvalue weighted by molar-refractivity contribution is -0.140. The second-order valence-corrected chi connectivity index (χ2v) is 18.2. The first-order valence-corrected chi connectivity index (χ1v) is 22.6. The molecule has 4 amide bonds. The van der Waals surface area contributed by atoms with Gasteiger partial charge in [0.2, 0.25) is 17.7 Å². The van der Waals surface area contributed by atoms with Gasteiger partial charge in [0.25, 0.3) is 0 Å². The first-order valence-electron chi connectivity index (χ1n) is 22.6. The molecule has 0 spiro atoms. The van der Waals surface area contributed by atoms with E-state index in [0.29, 0.717) is 42.1 Å². The molecule has 1 aliphatic carbocycles. The van der Waals surface area contributed by atoms with Gasteiger partial charge >= 0.3 is 12.7 Å². The summed E-state index contributed by atoms with van der Waals surface area (Å²) in [7, 11) is 0. The lowest BCUT2D eigenvalue weighted by atomic mass is 9.98. The Morgan fingerprint density at radius 3 is 1.97 bits per heavy atom. The van der Waals surface area contributed by atoms with Crippen LogP contribution in [0, 0.1) is 17.8 Å². The number of alkyl halides is 2. The summed E-state index contributed by atoms with van der Waals surface area (Å²) in [6.45, 7) is 1.16. The summed E-state index contributed by atoms with van der Waals surface area (Å²) in [6.07, 6.45) is 2.17. The lowest BCUT2D eigenvalue weighted by Crippen LogP contribution is -2.50. The van der Waals surface area contributed by atoms with Crippen molar-refractivity contribution in [2.24, 2.45) is 17.8 Å². The summed E-state index contributed by atoms with van der Waals surface area (Å²) in [4.78, 5) is 73.0. The molecule has 66 heavy (non-hydrogen) atoms. The maximum atomic E-state index is 14.5. The molecule has 1 saturated carbocycles. The molecule has 2 aromatic heterocycles. The van der Waals surface area contributed by atoms with Crippen molar-refractivity contribution in [3.63, 3.8) is 0 Å². The average molecular weight is 897 g/mol. The Morgan fingerprint density at radius 1 is 0.773 bits per heavy atom. The Hall–Kier alpha value is -6.94. The van der Waals surface area contributed by atoms with Crippen LogP contribution in [0.3, 0.4) is 0 Å². The molecule has 10 rings (SSSR count). The van der Waals surface area contributed by atoms with Gasteiger partial charge in [-0.05, 0) is 89.8 Å². The Labute approximate surface area is 378 Å². The van der Waals surface area contributed by atoms with Gasteiger partial charge in [-0.25, -0.2) is 14.8 Å². The highest BCUT2D eigenvalue weighted by Crippen LogP contribution is 2.40. The molecule has 3 aliphatic rings. The SMILES string of the molecule is CC(C)[C@H](NC(=O)O)C(=O)N1CCC[C@H]1c1nc2ccc3cc(-c4ccc5c(ccc6nc([C@@H]7C[C@H](COC(F)F)CN7C(=O)[C@H](NC(=O)C7CC7)c7ccccc7)[nH]c65)c4)ccc3c2[nH]1. The number of aromatic nitrogens is 4. The predicted molar refractivity (Wildman–Crippen MR) is 244 cm³/mol. The fraction of sp³-hybridized carbons (Fsp3) is 0.360. The van der Waals surface area contributed by atoms with Gasteiger partial charge in [-0.1, -0.05) is 80.6 Å². The smallest absolute Gasteiger partial charge is 0.405 e. The number of nitrogens with one attached hydrogen (secondary N) is 4. The van der Waals surface area contributed by atoms with Crippen LogP contribution >= 0.6 is 0 Å². The summed E-state index contributed by atoms with van der Waals surface area (Å²) in [5, 5.41) is 18.6. The zero-order valence-corrected chi connectivity index (χ0v) is 36.5. The van der Waals surface area contributed by atoms with Gasteiger partial charge in [0.1, 0.15) is 23.7 Å². The minimum Gasteiger partial charge on any atom is -0.465 e. The number of amides is 4. The number of benzene rings is 5. The summed E-state index contributed by atoms with van der Waals surface area (Å²) >= 11 is 0. The first kappa shape index (κ1) is 43.0. The van der Waals surface area contributed by atoms with E-state index in [2.05, 4.69) is 50.9 Å². The third kappa shape index (κ3) is 8.29. The summed E-state index contributed by atoms with van der Waals surface area (Å²) in [5.41, 5.74) is 5.76. The number of carbonyl (C=O) groups excluding carboxylic acids is 3. The number of H-pyrrole nitrogens is 2. The van der Waals surface area contributed by atoms with Gasteiger partial charge in [-0.3, -0.25) is 14.4 Å². The van der Waals surface area contributed by atoms with E-state index in [1.165, 1.54) is 0 Å². The average Bonchev–Trinajstić information content (AvgIpc) is 3.65.